The van der Waals surface area contributed by atoms with Crippen molar-refractivity contribution in [2.45, 2.75) is 19.4 Å². The molecular formula is C15H21BrN2O2. The van der Waals surface area contributed by atoms with Crippen molar-refractivity contribution >= 4 is 21.8 Å². The SMILES string of the molecule is COc1ccc(Br)cc1CN(C)CC(=O)N1CCCC1. The molecule has 20 heavy (non-hydrogen) atoms. The molecule has 0 unspecified atom stereocenters. The molecule has 1 aliphatic heterocycles. The monoisotopic (exact) mass is 340 g/mol. The summed E-state index contributed by atoms with van der Waals surface area (Å²) in [5.74, 6) is 1.08. The largest absolute Gasteiger partial charge is 0.496 e. The Morgan fingerprint density at radius 2 is 2.10 bits per heavy atom. The van der Waals surface area contributed by atoms with Crippen LogP contribution in [0.4, 0.5) is 0 Å². The second-order valence-corrected chi connectivity index (χ2v) is 6.13. The van der Waals surface area contributed by atoms with E-state index in [1.165, 1.54) is 0 Å². The van der Waals surface area contributed by atoms with Crippen molar-refractivity contribution in [3.05, 3.63) is 28.2 Å². The fourth-order valence-electron chi connectivity index (χ4n) is 2.51. The van der Waals surface area contributed by atoms with Gasteiger partial charge in [0.1, 0.15) is 5.75 Å². The molecule has 1 fully saturated rings. The Hall–Kier alpha value is -1.07. The second-order valence-electron chi connectivity index (χ2n) is 5.22. The average molecular weight is 341 g/mol. The van der Waals surface area contributed by atoms with Crippen molar-refractivity contribution in [3.8, 4) is 5.75 Å². The molecule has 0 spiro atoms. The number of methoxy groups -OCH3 is 1. The van der Waals surface area contributed by atoms with Crippen molar-refractivity contribution in [3.63, 3.8) is 0 Å². The molecule has 0 radical (unpaired) electrons. The molecule has 110 valence electrons. The van der Waals surface area contributed by atoms with Crippen LogP contribution in [0.25, 0.3) is 0 Å². The van der Waals surface area contributed by atoms with Crippen molar-refractivity contribution in [2.24, 2.45) is 0 Å². The Bertz CT molecular complexity index is 473. The van der Waals surface area contributed by atoms with Gasteiger partial charge in [-0.25, -0.2) is 0 Å². The highest BCUT2D eigenvalue weighted by atomic mass is 79.9. The summed E-state index contributed by atoms with van der Waals surface area (Å²) in [6, 6.07) is 5.93. The number of hydrogen-bond acceptors (Lipinski definition) is 3. The molecule has 0 saturated carbocycles. The van der Waals surface area contributed by atoms with Gasteiger partial charge in [-0.15, -0.1) is 0 Å². The van der Waals surface area contributed by atoms with Crippen LogP contribution in [0.15, 0.2) is 22.7 Å². The van der Waals surface area contributed by atoms with Crippen LogP contribution in [0.1, 0.15) is 18.4 Å². The van der Waals surface area contributed by atoms with E-state index >= 15 is 0 Å². The number of carbonyl (C=O) groups is 1. The van der Waals surface area contributed by atoms with Crippen LogP contribution in [0.2, 0.25) is 0 Å². The van der Waals surface area contributed by atoms with Gasteiger partial charge in [0.15, 0.2) is 0 Å². The summed E-state index contributed by atoms with van der Waals surface area (Å²) in [7, 11) is 3.64. The highest BCUT2D eigenvalue weighted by Gasteiger charge is 2.19. The lowest BCUT2D eigenvalue weighted by molar-refractivity contribution is -0.131. The van der Waals surface area contributed by atoms with Crippen molar-refractivity contribution in [1.82, 2.24) is 9.80 Å². The van der Waals surface area contributed by atoms with Gasteiger partial charge < -0.3 is 9.64 Å². The van der Waals surface area contributed by atoms with E-state index in [9.17, 15) is 4.79 Å². The van der Waals surface area contributed by atoms with Crippen molar-refractivity contribution in [2.75, 3.05) is 33.8 Å². The van der Waals surface area contributed by atoms with E-state index in [2.05, 4.69) is 15.9 Å². The van der Waals surface area contributed by atoms with Crippen LogP contribution in [0, 0.1) is 0 Å². The molecule has 1 heterocycles. The van der Waals surface area contributed by atoms with Crippen molar-refractivity contribution < 1.29 is 9.53 Å². The molecule has 0 aliphatic carbocycles. The predicted octanol–water partition coefficient (Wildman–Crippen LogP) is 2.51. The molecule has 1 amide bonds. The van der Waals surface area contributed by atoms with Gasteiger partial charge in [-0.2, -0.15) is 0 Å². The first-order valence-corrected chi connectivity index (χ1v) is 7.68. The molecule has 0 atom stereocenters. The first-order valence-electron chi connectivity index (χ1n) is 6.89. The lowest BCUT2D eigenvalue weighted by atomic mass is 10.2. The fourth-order valence-corrected chi connectivity index (χ4v) is 2.92. The number of amides is 1. The van der Waals surface area contributed by atoms with Gasteiger partial charge in [-0.3, -0.25) is 9.69 Å². The van der Waals surface area contributed by atoms with Gasteiger partial charge in [-0.1, -0.05) is 15.9 Å². The van der Waals surface area contributed by atoms with Gasteiger partial charge in [0.25, 0.3) is 0 Å². The van der Waals surface area contributed by atoms with E-state index in [0.29, 0.717) is 13.1 Å². The second kappa shape index (κ2) is 7.09. The summed E-state index contributed by atoms with van der Waals surface area (Å²) in [6.45, 7) is 2.97. The molecule has 0 bridgehead atoms. The summed E-state index contributed by atoms with van der Waals surface area (Å²) >= 11 is 3.47. The van der Waals surface area contributed by atoms with Gasteiger partial charge >= 0.3 is 0 Å². The normalized spacial score (nSPS) is 14.9. The molecule has 1 saturated heterocycles. The van der Waals surface area contributed by atoms with Crippen molar-refractivity contribution in [1.29, 1.82) is 0 Å². The third kappa shape index (κ3) is 3.96. The lowest BCUT2D eigenvalue weighted by Gasteiger charge is -2.22. The number of likely N-dealkylation sites (tertiary alicyclic amines) is 1. The molecule has 0 aromatic heterocycles. The van der Waals surface area contributed by atoms with Crippen LogP contribution in [-0.4, -0.2) is 49.5 Å². The van der Waals surface area contributed by atoms with E-state index < -0.39 is 0 Å². The van der Waals surface area contributed by atoms with Crippen LogP contribution in [-0.2, 0) is 11.3 Å². The van der Waals surface area contributed by atoms with Gasteiger partial charge in [0.05, 0.1) is 13.7 Å². The van der Waals surface area contributed by atoms with E-state index in [-0.39, 0.29) is 5.91 Å². The van der Waals surface area contributed by atoms with Crippen LogP contribution >= 0.6 is 15.9 Å². The zero-order valence-electron chi connectivity index (χ0n) is 12.1. The molecule has 5 heteroatoms. The first kappa shape index (κ1) is 15.3. The smallest absolute Gasteiger partial charge is 0.236 e. The standard InChI is InChI=1S/C15H21BrN2O2/c1-17(11-15(19)18-7-3-4-8-18)10-12-9-13(16)5-6-14(12)20-2/h5-6,9H,3-4,7-8,10-11H2,1-2H3. The third-order valence-corrected chi connectivity index (χ3v) is 4.04. The molecule has 1 aromatic carbocycles. The minimum absolute atomic E-state index is 0.221. The topological polar surface area (TPSA) is 32.8 Å². The van der Waals surface area contributed by atoms with Gasteiger partial charge in [0, 0.05) is 29.7 Å². The first-order chi connectivity index (χ1) is 9.60. The Balaban J connectivity index is 1.95. The zero-order valence-corrected chi connectivity index (χ0v) is 13.6. The van der Waals surface area contributed by atoms with Gasteiger partial charge in [0.2, 0.25) is 5.91 Å². The summed E-state index contributed by atoms with van der Waals surface area (Å²) in [4.78, 5) is 16.1. The molecular weight excluding hydrogens is 320 g/mol. The summed E-state index contributed by atoms with van der Waals surface area (Å²) < 4.78 is 6.38. The highest BCUT2D eigenvalue weighted by Crippen LogP contribution is 2.24. The summed E-state index contributed by atoms with van der Waals surface area (Å²) in [5.41, 5.74) is 1.08. The number of hydrogen-bond donors (Lipinski definition) is 0. The Labute approximate surface area is 128 Å². The molecule has 0 N–H and O–H groups in total. The Kier molecular flexibility index (Phi) is 5.43. The molecule has 4 nitrogen and oxygen atoms in total. The number of rotatable bonds is 5. The van der Waals surface area contributed by atoms with Crippen LogP contribution in [0.5, 0.6) is 5.75 Å². The highest BCUT2D eigenvalue weighted by molar-refractivity contribution is 9.10. The van der Waals surface area contributed by atoms with Crippen LogP contribution < -0.4 is 4.74 Å². The number of benzene rings is 1. The van der Waals surface area contributed by atoms with E-state index in [4.69, 9.17) is 4.74 Å². The molecule has 1 aliphatic rings. The van der Waals surface area contributed by atoms with E-state index in [0.717, 1.165) is 41.7 Å². The van der Waals surface area contributed by atoms with E-state index in [1.54, 1.807) is 7.11 Å². The minimum Gasteiger partial charge on any atom is -0.496 e. The minimum atomic E-state index is 0.221. The average Bonchev–Trinajstić information content (AvgIpc) is 2.92. The maximum atomic E-state index is 12.1. The molecule has 1 aromatic rings. The maximum absolute atomic E-state index is 12.1. The Morgan fingerprint density at radius 1 is 1.40 bits per heavy atom. The van der Waals surface area contributed by atoms with E-state index in [1.807, 2.05) is 35.0 Å². The zero-order chi connectivity index (χ0) is 14.5. The summed E-state index contributed by atoms with van der Waals surface area (Å²) in [6.07, 6.45) is 2.27. The number of halogens is 1. The van der Waals surface area contributed by atoms with Gasteiger partial charge in [-0.05, 0) is 38.1 Å². The Morgan fingerprint density at radius 3 is 2.75 bits per heavy atom. The summed E-state index contributed by atoms with van der Waals surface area (Å²) in [5, 5.41) is 0. The molecule has 2 rings (SSSR count). The fraction of sp³-hybridized carbons (Fsp3) is 0.533. The number of likely N-dealkylation sites (N-methyl/N-ethyl adjacent to an activating group) is 1. The quantitative estimate of drug-likeness (QED) is 0.825. The number of ether oxygens (including phenoxy) is 1. The number of nitrogens with zero attached hydrogens (tertiary/aromatic N) is 2. The maximum Gasteiger partial charge on any atom is 0.236 e. The number of carbonyl (C=O) groups excluding carboxylic acids is 1. The predicted molar refractivity (Wildman–Crippen MR) is 82.8 cm³/mol. The third-order valence-electron chi connectivity index (χ3n) is 3.55. The van der Waals surface area contributed by atoms with Crippen LogP contribution in [0.3, 0.4) is 0 Å². The lowest BCUT2D eigenvalue weighted by Crippen LogP contribution is -2.37.